The summed E-state index contributed by atoms with van der Waals surface area (Å²) in [6, 6.07) is 7.89. The summed E-state index contributed by atoms with van der Waals surface area (Å²) >= 11 is 0. The number of nitrogen functional groups attached to an aromatic ring is 1. The van der Waals surface area contributed by atoms with E-state index < -0.39 is 23.7 Å². The Kier molecular flexibility index (Phi) is 5.09. The lowest BCUT2D eigenvalue weighted by Crippen LogP contribution is -2.33. The number of amides is 2. The monoisotopic (exact) mass is 451 g/mol. The molecule has 5 rings (SSSR count). The van der Waals surface area contributed by atoms with Gasteiger partial charge >= 0.3 is 6.03 Å². The highest BCUT2D eigenvalue weighted by Crippen LogP contribution is 2.32. The molecule has 0 radical (unpaired) electrons. The molecule has 1 aliphatic rings. The number of aromatic nitrogens is 4. The summed E-state index contributed by atoms with van der Waals surface area (Å²) < 4.78 is 28.6. The number of hydrogen-bond donors (Lipinski definition) is 2. The Morgan fingerprint density at radius 2 is 2.03 bits per heavy atom. The first kappa shape index (κ1) is 20.8. The van der Waals surface area contributed by atoms with Crippen LogP contribution in [0.5, 0.6) is 0 Å². The smallest absolute Gasteiger partial charge is 0.346 e. The molecule has 11 heteroatoms. The van der Waals surface area contributed by atoms with Crippen LogP contribution < -0.4 is 11.1 Å². The zero-order chi connectivity index (χ0) is 23.1. The van der Waals surface area contributed by atoms with Gasteiger partial charge in [0, 0.05) is 29.9 Å². The van der Waals surface area contributed by atoms with E-state index in [2.05, 4.69) is 20.4 Å². The van der Waals surface area contributed by atoms with E-state index in [4.69, 9.17) is 10.6 Å². The summed E-state index contributed by atoms with van der Waals surface area (Å²) in [4.78, 5) is 27.0. The van der Waals surface area contributed by atoms with E-state index in [1.807, 2.05) is 6.07 Å². The Hall–Kier alpha value is -4.12. The minimum absolute atomic E-state index is 0.170. The zero-order valence-electron chi connectivity index (χ0n) is 17.5. The molecule has 1 aliphatic heterocycles. The summed E-state index contributed by atoms with van der Waals surface area (Å²) in [5, 5.41) is 8.06. The maximum Gasteiger partial charge on any atom is 0.346 e. The van der Waals surface area contributed by atoms with Gasteiger partial charge < -0.3 is 11.1 Å². The van der Waals surface area contributed by atoms with Crippen LogP contribution in [0, 0.1) is 18.6 Å². The van der Waals surface area contributed by atoms with Crippen LogP contribution in [0.1, 0.15) is 23.7 Å². The Bertz CT molecular complexity index is 1370. The molecule has 1 saturated heterocycles. The second-order valence-electron chi connectivity index (χ2n) is 7.61. The first-order valence-electron chi connectivity index (χ1n) is 10.2. The Morgan fingerprint density at radius 3 is 2.85 bits per heavy atom. The van der Waals surface area contributed by atoms with E-state index in [9.17, 15) is 13.6 Å². The van der Waals surface area contributed by atoms with Gasteiger partial charge in [-0.15, -0.1) is 5.10 Å². The van der Waals surface area contributed by atoms with Gasteiger partial charge in [0.2, 0.25) is 5.95 Å². The third-order valence-corrected chi connectivity index (χ3v) is 5.44. The van der Waals surface area contributed by atoms with Crippen LogP contribution >= 0.6 is 0 Å². The largest absolute Gasteiger partial charge is 0.366 e. The molecule has 0 aliphatic carbocycles. The molecule has 168 valence electrons. The average Bonchev–Trinajstić information content (AvgIpc) is 3.42. The number of carbonyl (C=O) groups excluding carboxylic acids is 1. The van der Waals surface area contributed by atoms with Gasteiger partial charge in [-0.3, -0.25) is 9.82 Å². The highest BCUT2D eigenvalue weighted by Gasteiger charge is 2.32. The van der Waals surface area contributed by atoms with Crippen LogP contribution in [0.3, 0.4) is 0 Å². The first-order chi connectivity index (χ1) is 15.9. The second-order valence-corrected chi connectivity index (χ2v) is 7.61. The molecular formula is C22H19F2N7O2. The third-order valence-electron chi connectivity index (χ3n) is 5.44. The molecule has 4 aromatic rings. The number of hydroxylamine groups is 2. The van der Waals surface area contributed by atoms with Crippen LogP contribution in [0.25, 0.3) is 16.8 Å². The molecule has 1 atom stereocenters. The number of halogens is 2. The molecule has 3 aromatic heterocycles. The number of aryl methyl sites for hydroxylation is 1. The molecule has 33 heavy (non-hydrogen) atoms. The molecule has 0 spiro atoms. The summed E-state index contributed by atoms with van der Waals surface area (Å²) in [6.45, 7) is 2.04. The van der Waals surface area contributed by atoms with Gasteiger partial charge in [0.1, 0.15) is 0 Å². The number of rotatable bonds is 3. The van der Waals surface area contributed by atoms with E-state index in [1.165, 1.54) is 6.07 Å². The average molecular weight is 451 g/mol. The lowest BCUT2D eigenvalue weighted by Gasteiger charge is -2.23. The Labute approximate surface area is 186 Å². The Morgan fingerprint density at radius 1 is 1.18 bits per heavy atom. The highest BCUT2D eigenvalue weighted by atomic mass is 19.2. The van der Waals surface area contributed by atoms with Crippen molar-refractivity contribution >= 4 is 23.3 Å². The normalized spacial score (nSPS) is 15.8. The number of carbonyl (C=O) groups is 1. The molecule has 9 nitrogen and oxygen atoms in total. The number of nitrogens with one attached hydrogen (secondary N) is 1. The molecule has 0 unspecified atom stereocenters. The van der Waals surface area contributed by atoms with E-state index in [0.717, 1.165) is 28.3 Å². The van der Waals surface area contributed by atoms with Crippen LogP contribution in [0.15, 0.2) is 48.8 Å². The lowest BCUT2D eigenvalue weighted by atomic mass is 10.0. The number of urea groups is 1. The number of nitrogens with zero attached hydrogens (tertiary/aromatic N) is 5. The number of benzene rings is 1. The lowest BCUT2D eigenvalue weighted by molar-refractivity contribution is -0.0830. The van der Waals surface area contributed by atoms with E-state index in [0.29, 0.717) is 29.0 Å². The Balaban J connectivity index is 1.40. The fourth-order valence-corrected chi connectivity index (χ4v) is 3.75. The van der Waals surface area contributed by atoms with Gasteiger partial charge in [-0.05, 0) is 42.8 Å². The van der Waals surface area contributed by atoms with Crippen molar-refractivity contribution in [1.29, 1.82) is 0 Å². The highest BCUT2D eigenvalue weighted by molar-refractivity contribution is 5.90. The van der Waals surface area contributed by atoms with Crippen molar-refractivity contribution in [3.63, 3.8) is 0 Å². The number of pyridine rings is 2. The van der Waals surface area contributed by atoms with Crippen LogP contribution in [0.4, 0.5) is 25.2 Å². The van der Waals surface area contributed by atoms with Gasteiger partial charge in [-0.25, -0.2) is 18.1 Å². The minimum Gasteiger partial charge on any atom is -0.366 e. The number of anilines is 2. The third kappa shape index (κ3) is 3.94. The van der Waals surface area contributed by atoms with Gasteiger partial charge in [-0.1, -0.05) is 6.07 Å². The topological polar surface area (TPSA) is 111 Å². The SMILES string of the molecule is Cc1ncc(-c2ccc3nc(N)nn3c2)cc1NC(=O)N1OCC[C@H]1c1ccc(F)c(F)c1. The van der Waals surface area contributed by atoms with Crippen molar-refractivity contribution in [3.8, 4) is 11.1 Å². The van der Waals surface area contributed by atoms with E-state index in [-0.39, 0.29) is 12.6 Å². The van der Waals surface area contributed by atoms with Gasteiger partial charge in [-0.2, -0.15) is 10.0 Å². The summed E-state index contributed by atoms with van der Waals surface area (Å²) in [5.74, 6) is -1.75. The van der Waals surface area contributed by atoms with Crippen LogP contribution in [0.2, 0.25) is 0 Å². The molecule has 0 bridgehead atoms. The molecule has 4 heterocycles. The van der Waals surface area contributed by atoms with Crippen molar-refractivity contribution in [2.75, 3.05) is 17.7 Å². The van der Waals surface area contributed by atoms with Gasteiger partial charge in [0.15, 0.2) is 17.3 Å². The number of hydrogen-bond acceptors (Lipinski definition) is 6. The molecule has 3 N–H and O–H groups in total. The molecule has 1 fully saturated rings. The zero-order valence-corrected chi connectivity index (χ0v) is 17.5. The standard InChI is InChI=1S/C22H19F2N7O2/c1-12-18(9-15(10-26-12)14-3-5-20-28-21(25)29-30(20)11-14)27-22(32)31-19(6-7-33-31)13-2-4-16(23)17(24)8-13/h2-5,8-11,19H,6-7H2,1H3,(H2,25,29)(H,27,32)/t19-/m0/s1. The predicted molar refractivity (Wildman–Crippen MR) is 116 cm³/mol. The predicted octanol–water partition coefficient (Wildman–Crippen LogP) is 3.87. The van der Waals surface area contributed by atoms with Crippen molar-refractivity contribution in [3.05, 3.63) is 71.7 Å². The van der Waals surface area contributed by atoms with E-state index in [1.54, 1.807) is 36.0 Å². The van der Waals surface area contributed by atoms with Crippen molar-refractivity contribution in [2.45, 2.75) is 19.4 Å². The van der Waals surface area contributed by atoms with Gasteiger partial charge in [0.25, 0.3) is 0 Å². The summed E-state index contributed by atoms with van der Waals surface area (Å²) in [7, 11) is 0. The van der Waals surface area contributed by atoms with Crippen LogP contribution in [-0.4, -0.2) is 37.3 Å². The molecule has 0 saturated carbocycles. The fourth-order valence-electron chi connectivity index (χ4n) is 3.75. The molecular weight excluding hydrogens is 432 g/mol. The first-order valence-corrected chi connectivity index (χ1v) is 10.2. The van der Waals surface area contributed by atoms with Crippen molar-refractivity contribution in [2.24, 2.45) is 0 Å². The molecule has 2 amide bonds. The summed E-state index contributed by atoms with van der Waals surface area (Å²) in [5.41, 5.74) is 9.33. The quantitative estimate of drug-likeness (QED) is 0.489. The number of fused-ring (bicyclic) bond motifs is 1. The maximum atomic E-state index is 13.7. The van der Waals surface area contributed by atoms with Crippen molar-refractivity contribution < 1.29 is 18.4 Å². The minimum atomic E-state index is -0.974. The van der Waals surface area contributed by atoms with Crippen molar-refractivity contribution in [1.82, 2.24) is 24.6 Å². The number of nitrogens with two attached hydrogens (primary N) is 1. The second kappa shape index (κ2) is 8.10. The maximum absolute atomic E-state index is 13.7. The summed E-state index contributed by atoms with van der Waals surface area (Å²) in [6.07, 6.45) is 3.90. The molecule has 1 aromatic carbocycles. The van der Waals surface area contributed by atoms with E-state index >= 15 is 0 Å². The van der Waals surface area contributed by atoms with Crippen LogP contribution in [-0.2, 0) is 4.84 Å². The van der Waals surface area contributed by atoms with Gasteiger partial charge in [0.05, 0.1) is 24.0 Å². The fraction of sp³-hybridized carbons (Fsp3) is 0.182.